The molecule has 0 saturated carbocycles. The number of amides is 1. The molecule has 1 saturated heterocycles. The van der Waals surface area contributed by atoms with Gasteiger partial charge in [-0.05, 0) is 12.1 Å². The first-order chi connectivity index (χ1) is 11.8. The van der Waals surface area contributed by atoms with Crippen LogP contribution >= 0.6 is 0 Å². The summed E-state index contributed by atoms with van der Waals surface area (Å²) in [5.74, 6) is 0.699. The zero-order valence-electron chi connectivity index (χ0n) is 15.1. The fraction of sp³-hybridized carbons (Fsp3) is 0.562. The lowest BCUT2D eigenvalue weighted by molar-refractivity contribution is -0.883. The highest BCUT2D eigenvalue weighted by Gasteiger charge is 2.27. The van der Waals surface area contributed by atoms with Crippen LogP contribution in [0, 0.1) is 0 Å². The Morgan fingerprint density at radius 2 is 1.80 bits per heavy atom. The average Bonchev–Trinajstić information content (AvgIpc) is 2.58. The van der Waals surface area contributed by atoms with Gasteiger partial charge < -0.3 is 19.3 Å². The summed E-state index contributed by atoms with van der Waals surface area (Å²) in [6, 6.07) is 4.78. The van der Waals surface area contributed by atoms with Crippen molar-refractivity contribution in [3.05, 3.63) is 18.2 Å². The van der Waals surface area contributed by atoms with Crippen molar-refractivity contribution in [3.63, 3.8) is 0 Å². The maximum absolute atomic E-state index is 12.6. The molecule has 0 atom stereocenters. The number of rotatable bonds is 6. The number of likely N-dealkylation sites (N-methyl/N-ethyl adjacent to an activating group) is 1. The Labute approximate surface area is 149 Å². The average molecular weight is 372 g/mol. The predicted molar refractivity (Wildman–Crippen MR) is 94.9 cm³/mol. The van der Waals surface area contributed by atoms with Crippen LogP contribution in [0.2, 0.25) is 0 Å². The van der Waals surface area contributed by atoms with Gasteiger partial charge in [-0.3, -0.25) is 9.10 Å². The largest absolute Gasteiger partial charge is 0.493 e. The Balaban J connectivity index is 2.24. The monoisotopic (exact) mass is 372 g/mol. The van der Waals surface area contributed by atoms with Crippen LogP contribution in [0.3, 0.4) is 0 Å². The first-order valence-electron chi connectivity index (χ1n) is 8.05. The van der Waals surface area contributed by atoms with E-state index in [1.54, 1.807) is 23.1 Å². The number of nitrogens with zero attached hydrogens (tertiary/aromatic N) is 2. The Morgan fingerprint density at radius 3 is 2.32 bits per heavy atom. The number of anilines is 1. The molecule has 1 fully saturated rings. The molecule has 0 aromatic heterocycles. The number of benzene rings is 1. The molecule has 0 unspecified atom stereocenters. The topological polar surface area (TPSA) is 80.6 Å². The predicted octanol–water partition coefficient (Wildman–Crippen LogP) is -1.17. The van der Waals surface area contributed by atoms with Crippen LogP contribution in [0.4, 0.5) is 5.69 Å². The van der Waals surface area contributed by atoms with Crippen molar-refractivity contribution in [3.8, 4) is 11.5 Å². The summed E-state index contributed by atoms with van der Waals surface area (Å²) < 4.78 is 36.0. The third-order valence-corrected chi connectivity index (χ3v) is 5.44. The quantitative estimate of drug-likeness (QED) is 0.680. The number of ether oxygens (including phenoxy) is 2. The van der Waals surface area contributed by atoms with E-state index in [0.29, 0.717) is 30.3 Å². The molecule has 140 valence electrons. The summed E-state index contributed by atoms with van der Waals surface area (Å²) >= 11 is 0. The van der Waals surface area contributed by atoms with Gasteiger partial charge in [-0.1, -0.05) is 0 Å². The van der Waals surface area contributed by atoms with Gasteiger partial charge in [0.15, 0.2) is 11.5 Å². The van der Waals surface area contributed by atoms with E-state index < -0.39 is 10.0 Å². The molecule has 1 aliphatic rings. The molecule has 0 aliphatic carbocycles. The number of sulfonamides is 1. The number of carbonyl (C=O) groups is 1. The molecule has 1 aromatic carbocycles. The van der Waals surface area contributed by atoms with E-state index in [1.807, 2.05) is 0 Å². The van der Waals surface area contributed by atoms with Crippen molar-refractivity contribution in [2.75, 3.05) is 64.6 Å². The second kappa shape index (κ2) is 7.92. The number of hydrogen-bond acceptors (Lipinski definition) is 5. The second-order valence-corrected chi connectivity index (χ2v) is 8.05. The number of piperazine rings is 1. The third-order valence-electron chi connectivity index (χ3n) is 4.30. The van der Waals surface area contributed by atoms with E-state index in [1.165, 1.54) is 19.1 Å². The van der Waals surface area contributed by atoms with Crippen LogP contribution in [0.15, 0.2) is 18.2 Å². The van der Waals surface area contributed by atoms with E-state index in [9.17, 15) is 13.2 Å². The van der Waals surface area contributed by atoms with Crippen molar-refractivity contribution >= 4 is 21.6 Å². The summed E-state index contributed by atoms with van der Waals surface area (Å²) in [6.07, 6.45) is 1.09. The molecular formula is C16H26N3O5S+. The lowest BCUT2D eigenvalue weighted by atomic mass is 10.2. The van der Waals surface area contributed by atoms with Crippen LogP contribution in [0.1, 0.15) is 0 Å². The molecule has 1 amide bonds. The minimum absolute atomic E-state index is 0.201. The maximum atomic E-state index is 12.6. The number of nitrogens with one attached hydrogen (secondary N) is 1. The van der Waals surface area contributed by atoms with E-state index in [0.717, 1.165) is 23.7 Å². The van der Waals surface area contributed by atoms with Crippen molar-refractivity contribution in [2.45, 2.75) is 0 Å². The molecule has 25 heavy (non-hydrogen) atoms. The Bertz CT molecular complexity index is 714. The van der Waals surface area contributed by atoms with Gasteiger partial charge in [0, 0.05) is 6.07 Å². The van der Waals surface area contributed by atoms with Gasteiger partial charge in [-0.15, -0.1) is 0 Å². The minimum Gasteiger partial charge on any atom is -0.493 e. The van der Waals surface area contributed by atoms with Gasteiger partial charge in [0.2, 0.25) is 15.9 Å². The normalized spacial score (nSPS) is 15.8. The van der Waals surface area contributed by atoms with Crippen LogP contribution in [0.5, 0.6) is 11.5 Å². The highest BCUT2D eigenvalue weighted by Crippen LogP contribution is 2.32. The van der Waals surface area contributed by atoms with Gasteiger partial charge >= 0.3 is 0 Å². The zero-order valence-corrected chi connectivity index (χ0v) is 15.9. The SMILES string of the molecule is COc1ccc(N(CC(=O)N2CC[NH+](C)CC2)S(C)(=O)=O)cc1OC. The van der Waals surface area contributed by atoms with Gasteiger partial charge in [-0.25, -0.2) is 8.42 Å². The van der Waals surface area contributed by atoms with Gasteiger partial charge in [0.05, 0.1) is 59.4 Å². The molecule has 8 nitrogen and oxygen atoms in total. The number of hydrogen-bond donors (Lipinski definition) is 1. The van der Waals surface area contributed by atoms with Gasteiger partial charge in [-0.2, -0.15) is 0 Å². The summed E-state index contributed by atoms with van der Waals surface area (Å²) in [5.41, 5.74) is 0.369. The highest BCUT2D eigenvalue weighted by molar-refractivity contribution is 7.92. The zero-order chi connectivity index (χ0) is 18.6. The van der Waals surface area contributed by atoms with E-state index >= 15 is 0 Å². The summed E-state index contributed by atoms with van der Waals surface area (Å²) in [6.45, 7) is 2.76. The number of quaternary nitrogens is 1. The Morgan fingerprint density at radius 1 is 1.20 bits per heavy atom. The molecule has 1 N–H and O–H groups in total. The molecular weight excluding hydrogens is 346 g/mol. The molecule has 9 heteroatoms. The van der Waals surface area contributed by atoms with Crippen LogP contribution in [-0.2, 0) is 14.8 Å². The molecule has 1 heterocycles. The third kappa shape index (κ3) is 4.76. The van der Waals surface area contributed by atoms with Crippen molar-refractivity contribution < 1.29 is 27.6 Å². The molecule has 1 aromatic rings. The smallest absolute Gasteiger partial charge is 0.243 e. The van der Waals surface area contributed by atoms with Crippen LogP contribution in [-0.4, -0.2) is 79.5 Å². The first-order valence-corrected chi connectivity index (χ1v) is 9.90. The number of methoxy groups -OCH3 is 2. The molecule has 0 spiro atoms. The van der Waals surface area contributed by atoms with Gasteiger partial charge in [0.1, 0.15) is 6.54 Å². The summed E-state index contributed by atoms with van der Waals surface area (Å²) in [5, 5.41) is 0. The maximum Gasteiger partial charge on any atom is 0.243 e. The van der Waals surface area contributed by atoms with Crippen LogP contribution in [0.25, 0.3) is 0 Å². The lowest BCUT2D eigenvalue weighted by Gasteiger charge is -2.32. The van der Waals surface area contributed by atoms with Crippen LogP contribution < -0.4 is 18.7 Å². The molecule has 0 radical (unpaired) electrons. The fourth-order valence-electron chi connectivity index (χ4n) is 2.74. The summed E-state index contributed by atoms with van der Waals surface area (Å²) in [4.78, 5) is 15.6. The van der Waals surface area contributed by atoms with E-state index in [4.69, 9.17) is 9.47 Å². The Kier molecular flexibility index (Phi) is 6.12. The van der Waals surface area contributed by atoms with E-state index in [2.05, 4.69) is 7.05 Å². The van der Waals surface area contributed by atoms with Crippen molar-refractivity contribution in [1.29, 1.82) is 0 Å². The van der Waals surface area contributed by atoms with E-state index in [-0.39, 0.29) is 12.5 Å². The summed E-state index contributed by atoms with van der Waals surface area (Å²) in [7, 11) is 1.44. The van der Waals surface area contributed by atoms with Gasteiger partial charge in [0.25, 0.3) is 0 Å². The molecule has 1 aliphatic heterocycles. The Hall–Kier alpha value is -2.00. The lowest BCUT2D eigenvalue weighted by Crippen LogP contribution is -3.12. The first kappa shape index (κ1) is 19.3. The standard InChI is InChI=1S/C16H25N3O5S/c1-17-7-9-18(10-8-17)16(20)12-19(25(4,21)22)13-5-6-14(23-2)15(11-13)24-3/h5-6,11H,7-10,12H2,1-4H3/p+1. The number of carbonyl (C=O) groups excluding carboxylic acids is 1. The van der Waals surface area contributed by atoms with Crippen molar-refractivity contribution in [2.24, 2.45) is 0 Å². The molecule has 0 bridgehead atoms. The molecule has 2 rings (SSSR count). The highest BCUT2D eigenvalue weighted by atomic mass is 32.2. The minimum atomic E-state index is -3.62. The fourth-order valence-corrected chi connectivity index (χ4v) is 3.58. The van der Waals surface area contributed by atoms with Crippen molar-refractivity contribution in [1.82, 2.24) is 4.90 Å². The second-order valence-electron chi connectivity index (χ2n) is 6.15.